The van der Waals surface area contributed by atoms with Gasteiger partial charge in [0.25, 0.3) is 0 Å². The topological polar surface area (TPSA) is 42.4 Å². The van der Waals surface area contributed by atoms with Crippen molar-refractivity contribution in [3.05, 3.63) is 48.2 Å². The molecule has 0 unspecified atom stereocenters. The van der Waals surface area contributed by atoms with Gasteiger partial charge < -0.3 is 9.84 Å². The molecule has 0 aliphatic heterocycles. The summed E-state index contributed by atoms with van der Waals surface area (Å²) in [5.41, 5.74) is 0.910. The van der Waals surface area contributed by atoms with Crippen LogP contribution < -0.4 is 4.74 Å². The highest BCUT2D eigenvalue weighted by atomic mass is 32.2. The monoisotopic (exact) mass is 275 g/mol. The van der Waals surface area contributed by atoms with Gasteiger partial charge in [-0.3, -0.25) is 0 Å². The minimum Gasteiger partial charge on any atom is -0.491 e. The molecule has 0 aliphatic rings. The van der Waals surface area contributed by atoms with Gasteiger partial charge in [0.2, 0.25) is 0 Å². The fraction of sp³-hybridized carbons (Fsp3) is 0.267. The van der Waals surface area contributed by atoms with Crippen molar-refractivity contribution in [1.29, 1.82) is 0 Å². The minimum atomic E-state index is 0.0688. The van der Waals surface area contributed by atoms with E-state index >= 15 is 0 Å². The molecule has 4 heteroatoms. The predicted octanol–water partition coefficient (Wildman–Crippen LogP) is 3.51. The zero-order valence-electron chi connectivity index (χ0n) is 10.9. The summed E-state index contributed by atoms with van der Waals surface area (Å²) in [7, 11) is 0. The Balaban J connectivity index is 2.12. The van der Waals surface area contributed by atoms with Crippen molar-refractivity contribution < 1.29 is 9.84 Å². The van der Waals surface area contributed by atoms with E-state index in [1.165, 1.54) is 0 Å². The average molecular weight is 275 g/mol. The molecule has 0 fully saturated rings. The highest BCUT2D eigenvalue weighted by Gasteiger charge is 2.06. The smallest absolute Gasteiger partial charge is 0.151 e. The van der Waals surface area contributed by atoms with E-state index in [0.717, 1.165) is 27.7 Å². The van der Waals surface area contributed by atoms with Crippen LogP contribution in [0.3, 0.4) is 0 Å². The minimum absolute atomic E-state index is 0.0688. The number of hydrogen-bond acceptors (Lipinski definition) is 4. The van der Waals surface area contributed by atoms with Crippen LogP contribution in [0.15, 0.2) is 52.5 Å². The first-order valence-corrected chi connectivity index (χ1v) is 7.10. The van der Waals surface area contributed by atoms with Gasteiger partial charge in [0.1, 0.15) is 5.03 Å². The Labute approximate surface area is 117 Å². The lowest BCUT2D eigenvalue weighted by Crippen LogP contribution is -1.97. The molecule has 19 heavy (non-hydrogen) atoms. The third-order valence-corrected chi connectivity index (χ3v) is 3.53. The number of rotatable bonds is 6. The van der Waals surface area contributed by atoms with E-state index in [-0.39, 0.29) is 6.61 Å². The van der Waals surface area contributed by atoms with Crippen molar-refractivity contribution in [2.75, 3.05) is 6.61 Å². The van der Waals surface area contributed by atoms with Gasteiger partial charge in [0.05, 0.1) is 13.2 Å². The number of pyridine rings is 1. The first-order valence-electron chi connectivity index (χ1n) is 6.29. The van der Waals surface area contributed by atoms with E-state index in [4.69, 9.17) is 9.84 Å². The van der Waals surface area contributed by atoms with E-state index in [1.54, 1.807) is 18.0 Å². The molecule has 0 amide bonds. The molecule has 0 aliphatic carbocycles. The van der Waals surface area contributed by atoms with Crippen LogP contribution in [0.2, 0.25) is 0 Å². The van der Waals surface area contributed by atoms with Crippen LogP contribution in [-0.2, 0) is 6.61 Å². The largest absolute Gasteiger partial charge is 0.491 e. The van der Waals surface area contributed by atoms with Crippen LogP contribution in [0.1, 0.15) is 18.9 Å². The summed E-state index contributed by atoms with van der Waals surface area (Å²) in [5, 5.41) is 9.89. The molecule has 2 aromatic rings. The summed E-state index contributed by atoms with van der Waals surface area (Å²) >= 11 is 1.57. The van der Waals surface area contributed by atoms with Gasteiger partial charge in [-0.2, -0.15) is 0 Å². The predicted molar refractivity (Wildman–Crippen MR) is 76.5 cm³/mol. The van der Waals surface area contributed by atoms with Crippen LogP contribution >= 0.6 is 11.8 Å². The summed E-state index contributed by atoms with van der Waals surface area (Å²) < 4.78 is 5.68. The second kappa shape index (κ2) is 7.16. The molecule has 1 N–H and O–H groups in total. The Hall–Kier alpha value is -1.52. The molecule has 1 aromatic heterocycles. The lowest BCUT2D eigenvalue weighted by Gasteiger charge is -2.09. The van der Waals surface area contributed by atoms with Crippen molar-refractivity contribution in [3.63, 3.8) is 0 Å². The number of nitrogens with zero attached hydrogens (tertiary/aromatic N) is 1. The van der Waals surface area contributed by atoms with Crippen molar-refractivity contribution >= 4 is 11.8 Å². The molecule has 0 saturated carbocycles. The number of benzene rings is 1. The normalized spacial score (nSPS) is 10.4. The number of ether oxygens (including phenoxy) is 1. The van der Waals surface area contributed by atoms with Crippen molar-refractivity contribution in [1.82, 2.24) is 4.98 Å². The van der Waals surface area contributed by atoms with E-state index in [0.29, 0.717) is 6.61 Å². The molecule has 0 radical (unpaired) electrons. The summed E-state index contributed by atoms with van der Waals surface area (Å²) in [6, 6.07) is 11.6. The first kappa shape index (κ1) is 13.9. The zero-order valence-corrected chi connectivity index (χ0v) is 11.7. The van der Waals surface area contributed by atoms with Crippen LogP contribution in [0.4, 0.5) is 0 Å². The van der Waals surface area contributed by atoms with Crippen LogP contribution in [0, 0.1) is 0 Å². The fourth-order valence-corrected chi connectivity index (χ4v) is 2.39. The Bertz CT molecular complexity index is 514. The third kappa shape index (κ3) is 3.98. The van der Waals surface area contributed by atoms with Crippen molar-refractivity contribution in [3.8, 4) is 5.75 Å². The third-order valence-electron chi connectivity index (χ3n) is 2.52. The van der Waals surface area contributed by atoms with Crippen LogP contribution in [0.5, 0.6) is 5.75 Å². The van der Waals surface area contributed by atoms with Gasteiger partial charge in [0, 0.05) is 11.1 Å². The fourth-order valence-electron chi connectivity index (χ4n) is 1.55. The Morgan fingerprint density at radius 2 is 2.00 bits per heavy atom. The lowest BCUT2D eigenvalue weighted by molar-refractivity contribution is 0.282. The molecular formula is C15H17NO2S. The van der Waals surface area contributed by atoms with Gasteiger partial charge in [-0.25, -0.2) is 4.98 Å². The zero-order chi connectivity index (χ0) is 13.5. The van der Waals surface area contributed by atoms with Crippen molar-refractivity contribution in [2.24, 2.45) is 0 Å². The van der Waals surface area contributed by atoms with Gasteiger partial charge in [-0.15, -0.1) is 0 Å². The number of aliphatic hydroxyl groups excluding tert-OH is 1. The highest BCUT2D eigenvalue weighted by Crippen LogP contribution is 2.33. The molecule has 0 bridgehead atoms. The standard InChI is InChI=1S/C15H17NO2S/c1-2-10-18-14-4-3-9-16-15(14)19-13-7-5-12(11-17)6-8-13/h3-9,17H,2,10-11H2,1H3. The van der Waals surface area contributed by atoms with Gasteiger partial charge in [0.15, 0.2) is 5.75 Å². The Morgan fingerprint density at radius 3 is 2.68 bits per heavy atom. The maximum Gasteiger partial charge on any atom is 0.151 e. The van der Waals surface area contributed by atoms with Gasteiger partial charge >= 0.3 is 0 Å². The van der Waals surface area contributed by atoms with E-state index < -0.39 is 0 Å². The van der Waals surface area contributed by atoms with Crippen molar-refractivity contribution in [2.45, 2.75) is 29.9 Å². The molecule has 2 rings (SSSR count). The van der Waals surface area contributed by atoms with Gasteiger partial charge in [-0.05, 0) is 36.2 Å². The summed E-state index contributed by atoms with van der Waals surface area (Å²) in [4.78, 5) is 5.44. The molecule has 0 atom stereocenters. The first-order chi connectivity index (χ1) is 9.33. The molecule has 1 heterocycles. The van der Waals surface area contributed by atoms with E-state index in [1.807, 2.05) is 36.4 Å². The molecule has 0 saturated heterocycles. The van der Waals surface area contributed by atoms with E-state index in [9.17, 15) is 0 Å². The maximum absolute atomic E-state index is 9.02. The summed E-state index contributed by atoms with van der Waals surface area (Å²) in [6.07, 6.45) is 2.74. The Kier molecular flexibility index (Phi) is 5.24. The summed E-state index contributed by atoms with van der Waals surface area (Å²) in [6.45, 7) is 2.85. The molecule has 3 nitrogen and oxygen atoms in total. The average Bonchev–Trinajstić information content (AvgIpc) is 2.47. The second-order valence-corrected chi connectivity index (χ2v) is 5.12. The molecule has 1 aromatic carbocycles. The van der Waals surface area contributed by atoms with E-state index in [2.05, 4.69) is 11.9 Å². The number of aromatic nitrogens is 1. The highest BCUT2D eigenvalue weighted by molar-refractivity contribution is 7.99. The van der Waals surface area contributed by atoms with Gasteiger partial charge in [-0.1, -0.05) is 30.8 Å². The Morgan fingerprint density at radius 1 is 1.21 bits per heavy atom. The maximum atomic E-state index is 9.02. The SMILES string of the molecule is CCCOc1cccnc1Sc1ccc(CO)cc1. The molecule has 0 spiro atoms. The quantitative estimate of drug-likeness (QED) is 0.876. The van der Waals surface area contributed by atoms with Crippen LogP contribution in [-0.4, -0.2) is 16.7 Å². The van der Waals surface area contributed by atoms with Crippen LogP contribution in [0.25, 0.3) is 0 Å². The number of aliphatic hydroxyl groups is 1. The molecular weight excluding hydrogens is 258 g/mol. The number of hydrogen-bond donors (Lipinski definition) is 1. The summed E-state index contributed by atoms with van der Waals surface area (Å²) in [5.74, 6) is 0.820. The molecule has 100 valence electrons. The lowest BCUT2D eigenvalue weighted by atomic mass is 10.2. The second-order valence-electron chi connectivity index (χ2n) is 4.06.